The van der Waals surface area contributed by atoms with Crippen molar-refractivity contribution in [1.29, 1.82) is 0 Å². The summed E-state index contributed by atoms with van der Waals surface area (Å²) in [6.45, 7) is 1.83. The molecule has 0 aromatic heterocycles. The molecule has 4 aliphatic rings. The average Bonchev–Trinajstić information content (AvgIpc) is 3.30. The van der Waals surface area contributed by atoms with Gasteiger partial charge < -0.3 is 0 Å². The summed E-state index contributed by atoms with van der Waals surface area (Å²) in [5.74, 6) is 1.88. The van der Waals surface area contributed by atoms with Crippen molar-refractivity contribution in [3.8, 4) is 0 Å². The van der Waals surface area contributed by atoms with Gasteiger partial charge in [-0.05, 0) is 54.4 Å². The van der Waals surface area contributed by atoms with Gasteiger partial charge in [-0.25, -0.2) is 9.29 Å². The molecule has 2 aliphatic carbocycles. The third-order valence-corrected chi connectivity index (χ3v) is 6.34. The van der Waals surface area contributed by atoms with Crippen LogP contribution in [0.15, 0.2) is 36.4 Å². The minimum atomic E-state index is -0.371. The number of fused-ring (bicyclic) bond motifs is 5. The van der Waals surface area contributed by atoms with Crippen LogP contribution in [0.5, 0.6) is 0 Å². The third kappa shape index (κ3) is 1.94. The molecule has 2 bridgehead atoms. The highest BCUT2D eigenvalue weighted by Crippen LogP contribution is 2.52. The molecule has 5 atom stereocenters. The quantitative estimate of drug-likeness (QED) is 0.618. The second-order valence-electron chi connectivity index (χ2n) is 7.49. The van der Waals surface area contributed by atoms with Crippen LogP contribution in [-0.2, 0) is 9.59 Å². The van der Waals surface area contributed by atoms with Crippen LogP contribution in [0.4, 0.5) is 10.1 Å². The van der Waals surface area contributed by atoms with E-state index in [1.54, 1.807) is 0 Å². The van der Waals surface area contributed by atoms with Crippen molar-refractivity contribution in [3.05, 3.63) is 42.2 Å². The van der Waals surface area contributed by atoms with Gasteiger partial charge in [0.15, 0.2) is 0 Å². The molecule has 0 N–H and O–H groups in total. The lowest BCUT2D eigenvalue weighted by Gasteiger charge is -2.24. The van der Waals surface area contributed by atoms with E-state index in [1.165, 1.54) is 35.6 Å². The number of benzene rings is 1. The summed E-state index contributed by atoms with van der Waals surface area (Å²) in [5.41, 5.74) is 0.468. The van der Waals surface area contributed by atoms with Crippen LogP contribution < -0.4 is 4.90 Å². The van der Waals surface area contributed by atoms with Gasteiger partial charge in [-0.2, -0.15) is 0 Å². The van der Waals surface area contributed by atoms with E-state index in [4.69, 9.17) is 0 Å². The second kappa shape index (κ2) is 4.99. The summed E-state index contributed by atoms with van der Waals surface area (Å²) >= 11 is 0. The fourth-order valence-electron chi connectivity index (χ4n) is 5.20. The van der Waals surface area contributed by atoms with Crippen LogP contribution in [0.2, 0.25) is 0 Å². The SMILES string of the molecule is O=C1C[C@H](N2C[C@@H]3[C@H](C2)[C@@H]2C=C[C@H]3C2)C(=O)N1c1ccc(F)cc1. The van der Waals surface area contributed by atoms with Crippen LogP contribution >= 0.6 is 0 Å². The van der Waals surface area contributed by atoms with Crippen LogP contribution in [0.25, 0.3) is 0 Å². The van der Waals surface area contributed by atoms with Crippen molar-refractivity contribution < 1.29 is 14.0 Å². The molecular formula is C19H19FN2O2. The summed E-state index contributed by atoms with van der Waals surface area (Å²) in [6, 6.07) is 5.21. The maximum Gasteiger partial charge on any atom is 0.251 e. The van der Waals surface area contributed by atoms with Crippen LogP contribution in [0.1, 0.15) is 12.8 Å². The van der Waals surface area contributed by atoms with Gasteiger partial charge in [0.1, 0.15) is 5.82 Å². The molecule has 1 saturated carbocycles. The molecule has 2 heterocycles. The zero-order valence-corrected chi connectivity index (χ0v) is 13.3. The van der Waals surface area contributed by atoms with Gasteiger partial charge in [-0.15, -0.1) is 0 Å². The van der Waals surface area contributed by atoms with E-state index in [-0.39, 0.29) is 30.1 Å². The second-order valence-corrected chi connectivity index (χ2v) is 7.49. The van der Waals surface area contributed by atoms with Crippen molar-refractivity contribution in [1.82, 2.24) is 4.90 Å². The fourth-order valence-corrected chi connectivity index (χ4v) is 5.20. The maximum absolute atomic E-state index is 13.1. The summed E-state index contributed by atoms with van der Waals surface area (Å²) < 4.78 is 13.1. The van der Waals surface area contributed by atoms with E-state index in [9.17, 15) is 14.0 Å². The number of hydrogen-bond acceptors (Lipinski definition) is 3. The highest BCUT2D eigenvalue weighted by molar-refractivity contribution is 6.22. The number of rotatable bonds is 2. The van der Waals surface area contributed by atoms with Crippen LogP contribution in [-0.4, -0.2) is 35.8 Å². The highest BCUT2D eigenvalue weighted by Gasteiger charge is 2.53. The zero-order chi connectivity index (χ0) is 16.4. The molecule has 0 radical (unpaired) electrons. The predicted molar refractivity (Wildman–Crippen MR) is 86.6 cm³/mol. The Bertz CT molecular complexity index is 724. The molecule has 0 spiro atoms. The van der Waals surface area contributed by atoms with Crippen molar-refractivity contribution in [2.75, 3.05) is 18.0 Å². The van der Waals surface area contributed by atoms with E-state index < -0.39 is 0 Å². The topological polar surface area (TPSA) is 40.6 Å². The Morgan fingerprint density at radius 3 is 2.21 bits per heavy atom. The van der Waals surface area contributed by atoms with Crippen molar-refractivity contribution in [2.24, 2.45) is 23.7 Å². The number of hydrogen-bond donors (Lipinski definition) is 0. The zero-order valence-electron chi connectivity index (χ0n) is 13.3. The molecule has 2 amide bonds. The molecule has 2 saturated heterocycles. The van der Waals surface area contributed by atoms with Crippen molar-refractivity contribution in [3.63, 3.8) is 0 Å². The first kappa shape index (κ1) is 14.3. The standard InChI is InChI=1S/C19H19FN2O2/c20-13-3-5-14(6-4-13)22-18(23)8-17(19(22)24)21-9-15-11-1-2-12(7-11)16(15)10-21/h1-6,11-12,15-17H,7-10H2/t11-,12+,15-,16+,17-/m0/s1. The number of carbonyl (C=O) groups excluding carboxylic acids is 2. The first-order valence-electron chi connectivity index (χ1n) is 8.66. The number of halogens is 1. The molecule has 2 aliphatic heterocycles. The Kier molecular flexibility index (Phi) is 2.98. The van der Waals surface area contributed by atoms with E-state index in [2.05, 4.69) is 17.1 Å². The van der Waals surface area contributed by atoms with Gasteiger partial charge in [0.2, 0.25) is 5.91 Å². The molecule has 4 nitrogen and oxygen atoms in total. The molecule has 124 valence electrons. The van der Waals surface area contributed by atoms with Gasteiger partial charge >= 0.3 is 0 Å². The van der Waals surface area contributed by atoms with E-state index >= 15 is 0 Å². The van der Waals surface area contributed by atoms with Gasteiger partial charge in [0.05, 0.1) is 18.2 Å². The van der Waals surface area contributed by atoms with Crippen LogP contribution in [0.3, 0.4) is 0 Å². The Morgan fingerprint density at radius 1 is 0.958 bits per heavy atom. The molecule has 5 rings (SSSR count). The number of imide groups is 1. The summed E-state index contributed by atoms with van der Waals surface area (Å²) in [7, 11) is 0. The smallest absolute Gasteiger partial charge is 0.251 e. The Hall–Kier alpha value is -2.01. The number of likely N-dealkylation sites (tertiary alicyclic amines) is 1. The van der Waals surface area contributed by atoms with Crippen LogP contribution in [0, 0.1) is 29.5 Å². The Balaban J connectivity index is 1.36. The number of nitrogens with zero attached hydrogens (tertiary/aromatic N) is 2. The molecule has 5 heteroatoms. The molecule has 24 heavy (non-hydrogen) atoms. The van der Waals surface area contributed by atoms with Gasteiger partial charge in [0, 0.05) is 13.1 Å². The molecule has 3 fully saturated rings. The lowest BCUT2D eigenvalue weighted by molar-refractivity contribution is -0.122. The molecule has 1 aromatic carbocycles. The minimum Gasteiger partial charge on any atom is -0.291 e. The number of carbonyl (C=O) groups is 2. The molecular weight excluding hydrogens is 307 g/mol. The monoisotopic (exact) mass is 326 g/mol. The maximum atomic E-state index is 13.1. The largest absolute Gasteiger partial charge is 0.291 e. The fraction of sp³-hybridized carbons (Fsp3) is 0.474. The lowest BCUT2D eigenvalue weighted by Crippen LogP contribution is -2.41. The first-order chi connectivity index (χ1) is 11.6. The van der Waals surface area contributed by atoms with Crippen molar-refractivity contribution >= 4 is 17.5 Å². The summed E-state index contributed by atoms with van der Waals surface area (Å²) in [5, 5.41) is 0. The highest BCUT2D eigenvalue weighted by atomic mass is 19.1. The third-order valence-electron chi connectivity index (χ3n) is 6.34. The normalized spacial score (nSPS) is 37.7. The van der Waals surface area contributed by atoms with E-state index in [1.807, 2.05) is 0 Å². The summed E-state index contributed by atoms with van der Waals surface area (Å²) in [6.07, 6.45) is 6.17. The molecule has 0 unspecified atom stereocenters. The van der Waals surface area contributed by atoms with E-state index in [0.717, 1.165) is 13.1 Å². The van der Waals surface area contributed by atoms with Gasteiger partial charge in [-0.1, -0.05) is 12.2 Å². The Labute approximate surface area is 139 Å². The van der Waals surface area contributed by atoms with Crippen molar-refractivity contribution in [2.45, 2.75) is 18.9 Å². The van der Waals surface area contributed by atoms with Gasteiger partial charge in [-0.3, -0.25) is 14.5 Å². The first-order valence-corrected chi connectivity index (χ1v) is 8.66. The number of amides is 2. The summed E-state index contributed by atoms with van der Waals surface area (Å²) in [4.78, 5) is 28.7. The Morgan fingerprint density at radius 2 is 1.58 bits per heavy atom. The minimum absolute atomic E-state index is 0.160. The van der Waals surface area contributed by atoms with Gasteiger partial charge in [0.25, 0.3) is 5.91 Å². The number of allylic oxidation sites excluding steroid dienone is 2. The average molecular weight is 326 g/mol. The number of anilines is 1. The van der Waals surface area contributed by atoms with E-state index in [0.29, 0.717) is 29.4 Å². The lowest BCUT2D eigenvalue weighted by atomic mass is 9.86. The predicted octanol–water partition coefficient (Wildman–Crippen LogP) is 2.21. The molecule has 1 aromatic rings.